The van der Waals surface area contributed by atoms with Crippen molar-refractivity contribution in [2.24, 2.45) is 0 Å². The molecule has 2 aliphatic heterocycles. The molecular formula is C20H18F4N2Ti. The molecule has 0 aromatic rings. The predicted molar refractivity (Wildman–Crippen MR) is 94.2 cm³/mol. The monoisotopic (exact) mass is 410 g/mol. The van der Waals surface area contributed by atoms with E-state index in [0.29, 0.717) is 0 Å². The Morgan fingerprint density at radius 3 is 1.30 bits per heavy atom. The van der Waals surface area contributed by atoms with Crippen molar-refractivity contribution in [3.8, 4) is 0 Å². The van der Waals surface area contributed by atoms with Crippen LogP contribution in [-0.2, 0) is 17.1 Å². The molecule has 0 radical (unpaired) electrons. The standard InChI is InChI=1S/2C5H4F2N.2C5H5.Ti/c2*6-4-2-1-3-5(7)8-4;2*1-2-4-5-3-1;/h2*1-4H;2*1-5H;/q2*-1;;;+2. The van der Waals surface area contributed by atoms with Crippen LogP contribution in [0.5, 0.6) is 0 Å². The zero-order valence-electron chi connectivity index (χ0n) is 14.3. The molecule has 2 unspecified atom stereocenters. The van der Waals surface area contributed by atoms with Crippen molar-refractivity contribution in [3.05, 3.63) is 97.0 Å². The summed E-state index contributed by atoms with van der Waals surface area (Å²) < 4.78 is 61.4. The molecule has 27 heavy (non-hydrogen) atoms. The van der Waals surface area contributed by atoms with Crippen LogP contribution in [0.25, 0.3) is 0 Å². The zero-order valence-corrected chi connectivity index (χ0v) is 15.9. The van der Waals surface area contributed by atoms with E-state index in [0.717, 1.165) is 18.9 Å². The average Bonchev–Trinajstić information content (AvgIpc) is 3.34. The number of halogens is 4. The summed E-state index contributed by atoms with van der Waals surface area (Å²) in [6, 6.07) is 0. The Bertz CT molecular complexity index is 758. The third-order valence-corrected chi connectivity index (χ3v) is 13.3. The van der Waals surface area contributed by atoms with E-state index in [1.807, 2.05) is 0 Å². The molecule has 0 aromatic heterocycles. The van der Waals surface area contributed by atoms with Crippen LogP contribution in [0.15, 0.2) is 97.0 Å². The van der Waals surface area contributed by atoms with Gasteiger partial charge in [0, 0.05) is 0 Å². The van der Waals surface area contributed by atoms with Crippen LogP contribution in [0, 0.1) is 0 Å². The Labute approximate surface area is 159 Å². The fraction of sp³-hybridized carbons (Fsp3) is 0.200. The van der Waals surface area contributed by atoms with Gasteiger partial charge in [-0.3, -0.25) is 0 Å². The minimum absolute atomic E-state index is 0.477. The molecule has 7 heteroatoms. The molecular weight excluding hydrogens is 392 g/mol. The van der Waals surface area contributed by atoms with E-state index < -0.39 is 50.0 Å². The number of hydrogen-bond donors (Lipinski definition) is 0. The maximum atomic E-state index is 15.1. The van der Waals surface area contributed by atoms with Gasteiger partial charge in [0.1, 0.15) is 0 Å². The number of alkyl halides is 2. The molecule has 0 N–H and O–H groups in total. The van der Waals surface area contributed by atoms with Gasteiger partial charge in [-0.1, -0.05) is 0 Å². The molecule has 2 aliphatic carbocycles. The SMILES string of the molecule is FC1=CC=CC(F)[N]1[Ti]([CH]1C=CC=C1)([CH]1C=CC=C1)[N]1C(F)=CC=CC1F. The third-order valence-electron chi connectivity index (χ3n) is 5.21. The van der Waals surface area contributed by atoms with Crippen LogP contribution >= 0.6 is 0 Å². The Hall–Kier alpha value is -2.05. The van der Waals surface area contributed by atoms with Gasteiger partial charge in [-0.05, 0) is 0 Å². The van der Waals surface area contributed by atoms with Crippen molar-refractivity contribution in [1.82, 2.24) is 6.76 Å². The first-order chi connectivity index (χ1) is 13.1. The van der Waals surface area contributed by atoms with E-state index in [1.165, 1.54) is 24.3 Å². The molecule has 140 valence electrons. The first-order valence-corrected chi connectivity index (χ1v) is 11.9. The van der Waals surface area contributed by atoms with Crippen LogP contribution in [0.1, 0.15) is 0 Å². The van der Waals surface area contributed by atoms with Crippen LogP contribution < -0.4 is 0 Å². The second kappa shape index (κ2) is 7.17. The van der Waals surface area contributed by atoms with E-state index in [9.17, 15) is 0 Å². The summed E-state index contributed by atoms with van der Waals surface area (Å²) in [7, 11) is 0. The molecule has 2 heterocycles. The summed E-state index contributed by atoms with van der Waals surface area (Å²) in [5, 5.41) is 0. The minimum atomic E-state index is -4.52. The van der Waals surface area contributed by atoms with Gasteiger partial charge in [0.15, 0.2) is 0 Å². The molecule has 0 fully saturated rings. The molecule has 0 saturated heterocycles. The van der Waals surface area contributed by atoms with Crippen molar-refractivity contribution >= 4 is 0 Å². The normalized spacial score (nSPS) is 27.9. The molecule has 4 rings (SSSR count). The van der Waals surface area contributed by atoms with Crippen LogP contribution in [0.2, 0.25) is 8.45 Å². The first kappa shape index (κ1) is 18.3. The second-order valence-electron chi connectivity index (χ2n) is 6.61. The van der Waals surface area contributed by atoms with E-state index in [1.54, 1.807) is 48.6 Å². The number of hydrogen-bond acceptors (Lipinski definition) is 2. The Morgan fingerprint density at radius 2 is 0.963 bits per heavy atom. The number of nitrogens with zero attached hydrogens (tertiary/aromatic N) is 2. The summed E-state index contributed by atoms with van der Waals surface area (Å²) >= 11 is -4.52. The molecule has 2 nitrogen and oxygen atoms in total. The fourth-order valence-corrected chi connectivity index (χ4v) is 12.5. The van der Waals surface area contributed by atoms with Crippen molar-refractivity contribution < 1.29 is 34.7 Å². The van der Waals surface area contributed by atoms with Gasteiger partial charge in [-0.2, -0.15) is 0 Å². The van der Waals surface area contributed by atoms with Gasteiger partial charge in [0.25, 0.3) is 0 Å². The quantitative estimate of drug-likeness (QED) is 0.331. The van der Waals surface area contributed by atoms with Gasteiger partial charge < -0.3 is 0 Å². The Balaban J connectivity index is 1.98. The van der Waals surface area contributed by atoms with Crippen molar-refractivity contribution in [2.75, 3.05) is 0 Å². The molecule has 0 amide bonds. The number of rotatable bonds is 4. The third kappa shape index (κ3) is 2.82. The summed E-state index contributed by atoms with van der Waals surface area (Å²) in [5.41, 5.74) is 0. The molecule has 0 saturated carbocycles. The van der Waals surface area contributed by atoms with Crippen molar-refractivity contribution in [2.45, 2.75) is 21.0 Å². The summed E-state index contributed by atoms with van der Waals surface area (Å²) in [6.07, 6.45) is 17.9. The fourth-order valence-electron chi connectivity index (χ4n) is 4.17. The van der Waals surface area contributed by atoms with Crippen molar-refractivity contribution in [1.29, 1.82) is 0 Å². The molecule has 0 spiro atoms. The van der Waals surface area contributed by atoms with Gasteiger partial charge >= 0.3 is 159 Å². The maximum absolute atomic E-state index is 15.1. The molecule has 2 atom stereocenters. The van der Waals surface area contributed by atoms with E-state index >= 15 is 17.6 Å². The second-order valence-corrected chi connectivity index (χ2v) is 12.6. The van der Waals surface area contributed by atoms with Gasteiger partial charge in [0.05, 0.1) is 0 Å². The average molecular weight is 410 g/mol. The van der Waals surface area contributed by atoms with Gasteiger partial charge in [-0.15, -0.1) is 0 Å². The van der Waals surface area contributed by atoms with Crippen LogP contribution in [-0.4, -0.2) is 19.4 Å². The van der Waals surface area contributed by atoms with Crippen LogP contribution in [0.3, 0.4) is 0 Å². The van der Waals surface area contributed by atoms with E-state index in [2.05, 4.69) is 0 Å². The Kier molecular flexibility index (Phi) is 4.87. The summed E-state index contributed by atoms with van der Waals surface area (Å²) in [6.45, 7) is 0. The van der Waals surface area contributed by atoms with Gasteiger partial charge in [0.2, 0.25) is 0 Å². The number of allylic oxidation sites excluding steroid dienone is 12. The molecule has 0 aromatic carbocycles. The summed E-state index contributed by atoms with van der Waals surface area (Å²) in [5.74, 6) is -1.61. The van der Waals surface area contributed by atoms with Crippen molar-refractivity contribution in [3.63, 3.8) is 0 Å². The Morgan fingerprint density at radius 1 is 0.593 bits per heavy atom. The van der Waals surface area contributed by atoms with Gasteiger partial charge in [-0.25, -0.2) is 0 Å². The van der Waals surface area contributed by atoms with Crippen LogP contribution in [0.4, 0.5) is 17.6 Å². The van der Waals surface area contributed by atoms with E-state index in [-0.39, 0.29) is 0 Å². The summed E-state index contributed by atoms with van der Waals surface area (Å²) in [4.78, 5) is 0. The topological polar surface area (TPSA) is 6.48 Å². The first-order valence-electron chi connectivity index (χ1n) is 8.71. The zero-order chi connectivity index (χ0) is 19.0. The van der Waals surface area contributed by atoms with E-state index in [4.69, 9.17) is 0 Å². The predicted octanol–water partition coefficient (Wildman–Crippen LogP) is 5.76. The molecule has 0 bridgehead atoms. The molecule has 4 aliphatic rings.